The van der Waals surface area contributed by atoms with E-state index in [2.05, 4.69) is 19.2 Å². The molecule has 1 unspecified atom stereocenters. The minimum absolute atomic E-state index is 0.301. The minimum Gasteiger partial charge on any atom is -0.350 e. The van der Waals surface area contributed by atoms with Crippen LogP contribution in [0.1, 0.15) is 33.1 Å². The smallest absolute Gasteiger partial charge is 0.255 e. The summed E-state index contributed by atoms with van der Waals surface area (Å²) in [6, 6.07) is 0. The standard InChI is InChI=1S/C11H22F2N2O/c1-8(2)9(5-6-14)3-4-11(16)15-7-10(12)13/h8-10H,3-7,14H2,1-2H3,(H,15,16). The number of carbonyl (C=O) groups is 1. The van der Waals surface area contributed by atoms with Gasteiger partial charge in [0.2, 0.25) is 5.91 Å². The predicted octanol–water partition coefficient (Wildman–Crippen LogP) is 1.77. The summed E-state index contributed by atoms with van der Waals surface area (Å²) < 4.78 is 23.6. The van der Waals surface area contributed by atoms with Crippen molar-refractivity contribution in [2.75, 3.05) is 13.1 Å². The van der Waals surface area contributed by atoms with Crippen LogP contribution in [0.5, 0.6) is 0 Å². The van der Waals surface area contributed by atoms with Gasteiger partial charge >= 0.3 is 0 Å². The Morgan fingerprint density at radius 3 is 2.38 bits per heavy atom. The zero-order valence-corrected chi connectivity index (χ0v) is 10.0. The van der Waals surface area contributed by atoms with E-state index in [1.165, 1.54) is 0 Å². The minimum atomic E-state index is -2.48. The topological polar surface area (TPSA) is 55.1 Å². The molecule has 0 saturated carbocycles. The second kappa shape index (κ2) is 8.44. The molecular weight excluding hydrogens is 214 g/mol. The van der Waals surface area contributed by atoms with Crippen molar-refractivity contribution in [3.8, 4) is 0 Å². The van der Waals surface area contributed by atoms with E-state index in [0.717, 1.165) is 6.42 Å². The molecule has 96 valence electrons. The van der Waals surface area contributed by atoms with Gasteiger partial charge in [-0.05, 0) is 31.2 Å². The lowest BCUT2D eigenvalue weighted by Crippen LogP contribution is -2.29. The molecule has 0 rings (SSSR count). The lowest BCUT2D eigenvalue weighted by atomic mass is 9.88. The second-order valence-electron chi connectivity index (χ2n) is 4.32. The van der Waals surface area contributed by atoms with E-state index >= 15 is 0 Å². The van der Waals surface area contributed by atoms with E-state index in [9.17, 15) is 13.6 Å². The van der Waals surface area contributed by atoms with Crippen LogP contribution in [-0.2, 0) is 4.79 Å². The Bertz CT molecular complexity index is 198. The molecule has 0 heterocycles. The molecule has 0 aromatic rings. The van der Waals surface area contributed by atoms with Crippen molar-refractivity contribution in [2.45, 2.75) is 39.5 Å². The molecule has 0 bridgehead atoms. The molecule has 0 aliphatic carbocycles. The summed E-state index contributed by atoms with van der Waals surface area (Å²) >= 11 is 0. The van der Waals surface area contributed by atoms with E-state index in [1.807, 2.05) is 0 Å². The Morgan fingerprint density at radius 1 is 1.31 bits per heavy atom. The lowest BCUT2D eigenvalue weighted by Gasteiger charge is -2.19. The normalized spacial score (nSPS) is 13.2. The molecule has 3 nitrogen and oxygen atoms in total. The average molecular weight is 236 g/mol. The number of hydrogen-bond donors (Lipinski definition) is 2. The van der Waals surface area contributed by atoms with Gasteiger partial charge in [-0.2, -0.15) is 0 Å². The number of carbonyl (C=O) groups excluding carboxylic acids is 1. The summed E-state index contributed by atoms with van der Waals surface area (Å²) in [5.74, 6) is 0.553. The Hall–Kier alpha value is -0.710. The molecule has 0 aromatic heterocycles. The van der Waals surface area contributed by atoms with Gasteiger partial charge in [-0.3, -0.25) is 4.79 Å². The first kappa shape index (κ1) is 15.3. The third-order valence-electron chi connectivity index (χ3n) is 2.68. The van der Waals surface area contributed by atoms with Gasteiger partial charge in [-0.25, -0.2) is 8.78 Å². The fourth-order valence-corrected chi connectivity index (χ4v) is 1.62. The van der Waals surface area contributed by atoms with Gasteiger partial charge in [0.05, 0.1) is 6.54 Å². The summed E-state index contributed by atoms with van der Waals surface area (Å²) in [7, 11) is 0. The van der Waals surface area contributed by atoms with E-state index < -0.39 is 13.0 Å². The van der Waals surface area contributed by atoms with Gasteiger partial charge in [0.15, 0.2) is 0 Å². The Labute approximate surface area is 95.8 Å². The summed E-state index contributed by atoms with van der Waals surface area (Å²) in [5.41, 5.74) is 5.47. The number of halogens is 2. The highest BCUT2D eigenvalue weighted by atomic mass is 19.3. The number of rotatable bonds is 8. The maximum atomic E-state index is 11.8. The van der Waals surface area contributed by atoms with Crippen LogP contribution in [0, 0.1) is 11.8 Å². The number of nitrogens with one attached hydrogen (secondary N) is 1. The maximum Gasteiger partial charge on any atom is 0.255 e. The fourth-order valence-electron chi connectivity index (χ4n) is 1.62. The van der Waals surface area contributed by atoms with Crippen molar-refractivity contribution >= 4 is 5.91 Å². The third-order valence-corrected chi connectivity index (χ3v) is 2.68. The van der Waals surface area contributed by atoms with Crippen LogP contribution in [0.3, 0.4) is 0 Å². The van der Waals surface area contributed by atoms with Crippen molar-refractivity contribution < 1.29 is 13.6 Å². The Balaban J connectivity index is 3.78. The van der Waals surface area contributed by atoms with Gasteiger partial charge < -0.3 is 11.1 Å². The number of nitrogens with two attached hydrogens (primary N) is 1. The molecular formula is C11H22F2N2O. The quantitative estimate of drug-likeness (QED) is 0.675. The summed E-state index contributed by atoms with van der Waals surface area (Å²) in [6.07, 6.45) is -0.590. The summed E-state index contributed by atoms with van der Waals surface area (Å²) in [6.45, 7) is 4.21. The Morgan fingerprint density at radius 2 is 1.94 bits per heavy atom. The maximum absolute atomic E-state index is 11.8. The largest absolute Gasteiger partial charge is 0.350 e. The molecule has 1 amide bonds. The number of hydrogen-bond acceptors (Lipinski definition) is 2. The highest BCUT2D eigenvalue weighted by molar-refractivity contribution is 5.75. The van der Waals surface area contributed by atoms with Gasteiger partial charge in [0.1, 0.15) is 0 Å². The van der Waals surface area contributed by atoms with E-state index in [4.69, 9.17) is 5.73 Å². The molecule has 0 fully saturated rings. The molecule has 0 spiro atoms. The molecule has 16 heavy (non-hydrogen) atoms. The first-order valence-corrected chi connectivity index (χ1v) is 5.72. The van der Waals surface area contributed by atoms with Crippen molar-refractivity contribution in [1.82, 2.24) is 5.32 Å². The second-order valence-corrected chi connectivity index (χ2v) is 4.32. The van der Waals surface area contributed by atoms with Crippen LogP contribution >= 0.6 is 0 Å². The van der Waals surface area contributed by atoms with Crippen LogP contribution in [0.15, 0.2) is 0 Å². The zero-order chi connectivity index (χ0) is 12.6. The van der Waals surface area contributed by atoms with Crippen LogP contribution in [-0.4, -0.2) is 25.4 Å². The number of amides is 1. The van der Waals surface area contributed by atoms with Crippen LogP contribution < -0.4 is 11.1 Å². The van der Waals surface area contributed by atoms with Crippen molar-refractivity contribution in [1.29, 1.82) is 0 Å². The van der Waals surface area contributed by atoms with Gasteiger partial charge in [-0.1, -0.05) is 13.8 Å². The van der Waals surface area contributed by atoms with Gasteiger partial charge in [0, 0.05) is 6.42 Å². The monoisotopic (exact) mass is 236 g/mol. The fraction of sp³-hybridized carbons (Fsp3) is 0.909. The average Bonchev–Trinajstić information content (AvgIpc) is 2.20. The third kappa shape index (κ3) is 7.56. The highest BCUT2D eigenvalue weighted by Crippen LogP contribution is 2.20. The molecule has 3 N–H and O–H groups in total. The number of alkyl halides is 2. The SMILES string of the molecule is CC(C)C(CCN)CCC(=O)NCC(F)F. The summed E-state index contributed by atoms with van der Waals surface area (Å²) in [4.78, 5) is 11.2. The van der Waals surface area contributed by atoms with Crippen LogP contribution in [0.25, 0.3) is 0 Å². The Kier molecular flexibility index (Phi) is 8.07. The van der Waals surface area contributed by atoms with Gasteiger partial charge in [-0.15, -0.1) is 0 Å². The first-order chi connectivity index (χ1) is 7.47. The van der Waals surface area contributed by atoms with Crippen molar-refractivity contribution in [3.05, 3.63) is 0 Å². The zero-order valence-electron chi connectivity index (χ0n) is 10.0. The van der Waals surface area contributed by atoms with Crippen molar-refractivity contribution in [2.24, 2.45) is 17.6 Å². The lowest BCUT2D eigenvalue weighted by molar-refractivity contribution is -0.122. The van der Waals surface area contributed by atoms with E-state index in [1.54, 1.807) is 0 Å². The van der Waals surface area contributed by atoms with E-state index in [-0.39, 0.29) is 5.91 Å². The van der Waals surface area contributed by atoms with Gasteiger partial charge in [0.25, 0.3) is 6.43 Å². The first-order valence-electron chi connectivity index (χ1n) is 5.72. The molecule has 1 atom stereocenters. The highest BCUT2D eigenvalue weighted by Gasteiger charge is 2.14. The van der Waals surface area contributed by atoms with Crippen molar-refractivity contribution in [3.63, 3.8) is 0 Å². The predicted molar refractivity (Wildman–Crippen MR) is 60.2 cm³/mol. The molecule has 0 aliphatic heterocycles. The van der Waals surface area contributed by atoms with E-state index in [0.29, 0.717) is 31.2 Å². The summed E-state index contributed by atoms with van der Waals surface area (Å²) in [5, 5.41) is 2.20. The molecule has 0 radical (unpaired) electrons. The molecule has 0 aliphatic rings. The van der Waals surface area contributed by atoms with Crippen LogP contribution in [0.4, 0.5) is 8.78 Å². The molecule has 0 saturated heterocycles. The molecule has 0 aromatic carbocycles. The molecule has 5 heteroatoms. The van der Waals surface area contributed by atoms with Crippen LogP contribution in [0.2, 0.25) is 0 Å².